The van der Waals surface area contributed by atoms with Gasteiger partial charge in [-0.05, 0) is 24.1 Å². The van der Waals surface area contributed by atoms with Gasteiger partial charge >= 0.3 is 0 Å². The van der Waals surface area contributed by atoms with Crippen molar-refractivity contribution in [1.82, 2.24) is 0 Å². The first-order valence-corrected chi connectivity index (χ1v) is 5.20. The number of rotatable bonds is 2. The summed E-state index contributed by atoms with van der Waals surface area (Å²) >= 11 is 6.68. The molecule has 0 bridgehead atoms. The van der Waals surface area contributed by atoms with Crippen LogP contribution in [-0.4, -0.2) is 6.29 Å². The molecule has 1 aromatic carbocycles. The Morgan fingerprint density at radius 3 is 2.17 bits per heavy atom. The fraction of sp³-hybridized carbons (Fsp3) is 0.222. The Labute approximate surface area is 88.4 Å². The van der Waals surface area contributed by atoms with E-state index in [0.717, 1.165) is 21.7 Å². The summed E-state index contributed by atoms with van der Waals surface area (Å²) in [6.45, 7) is 2.08. The maximum absolute atomic E-state index is 10.6. The van der Waals surface area contributed by atoms with Crippen molar-refractivity contribution in [2.45, 2.75) is 13.3 Å². The van der Waals surface area contributed by atoms with E-state index < -0.39 is 0 Å². The summed E-state index contributed by atoms with van der Waals surface area (Å²) in [6, 6.07) is 3.93. The molecule has 0 N–H and O–H groups in total. The number of hydrogen-bond donors (Lipinski definition) is 0. The largest absolute Gasteiger partial charge is 0.298 e. The van der Waals surface area contributed by atoms with Crippen LogP contribution in [0.25, 0.3) is 0 Å². The van der Waals surface area contributed by atoms with Gasteiger partial charge in [0.15, 0.2) is 6.29 Å². The lowest BCUT2D eigenvalue weighted by atomic mass is 10.1. The molecule has 0 saturated carbocycles. The van der Waals surface area contributed by atoms with E-state index in [2.05, 4.69) is 38.8 Å². The fourth-order valence-electron chi connectivity index (χ4n) is 0.953. The lowest BCUT2D eigenvalue weighted by Crippen LogP contribution is -1.88. The van der Waals surface area contributed by atoms with E-state index in [9.17, 15) is 4.79 Å². The van der Waals surface area contributed by atoms with Crippen LogP contribution in [0.3, 0.4) is 0 Å². The Bertz CT molecular complexity index is 284. The minimum atomic E-state index is 0.673. The average molecular weight is 292 g/mol. The van der Waals surface area contributed by atoms with Gasteiger partial charge in [-0.2, -0.15) is 0 Å². The SMILES string of the molecule is CCc1cc(Br)c(C=O)c(Br)c1. The lowest BCUT2D eigenvalue weighted by molar-refractivity contribution is 0.112. The van der Waals surface area contributed by atoms with Gasteiger partial charge in [0.1, 0.15) is 0 Å². The summed E-state index contributed by atoms with van der Waals surface area (Å²) < 4.78 is 1.70. The monoisotopic (exact) mass is 290 g/mol. The molecule has 1 nitrogen and oxygen atoms in total. The van der Waals surface area contributed by atoms with Crippen molar-refractivity contribution in [3.8, 4) is 0 Å². The zero-order valence-electron chi connectivity index (χ0n) is 6.60. The lowest BCUT2D eigenvalue weighted by Gasteiger charge is -2.03. The van der Waals surface area contributed by atoms with E-state index in [0.29, 0.717) is 5.56 Å². The molecule has 0 aromatic heterocycles. The topological polar surface area (TPSA) is 17.1 Å². The number of hydrogen-bond acceptors (Lipinski definition) is 1. The summed E-state index contributed by atoms with van der Waals surface area (Å²) in [4.78, 5) is 10.6. The van der Waals surface area contributed by atoms with Gasteiger partial charge in [0, 0.05) is 14.5 Å². The van der Waals surface area contributed by atoms with Crippen molar-refractivity contribution in [3.63, 3.8) is 0 Å². The van der Waals surface area contributed by atoms with Crippen LogP contribution in [0, 0.1) is 0 Å². The molecule has 64 valence electrons. The average Bonchev–Trinajstić information content (AvgIpc) is 2.03. The molecule has 0 unspecified atom stereocenters. The zero-order chi connectivity index (χ0) is 9.14. The Hall–Kier alpha value is -0.150. The molecule has 0 spiro atoms. The molecule has 0 aliphatic rings. The Morgan fingerprint density at radius 1 is 1.33 bits per heavy atom. The molecule has 12 heavy (non-hydrogen) atoms. The van der Waals surface area contributed by atoms with Crippen LogP contribution in [0.5, 0.6) is 0 Å². The van der Waals surface area contributed by atoms with Crippen LogP contribution >= 0.6 is 31.9 Å². The molecular formula is C9H8Br2O. The molecule has 0 atom stereocenters. The maximum Gasteiger partial charge on any atom is 0.152 e. The molecule has 0 fully saturated rings. The molecular weight excluding hydrogens is 284 g/mol. The summed E-state index contributed by atoms with van der Waals surface area (Å²) in [7, 11) is 0. The molecule has 0 aliphatic carbocycles. The van der Waals surface area contributed by atoms with Gasteiger partial charge in [-0.3, -0.25) is 4.79 Å². The minimum absolute atomic E-state index is 0.673. The highest BCUT2D eigenvalue weighted by Crippen LogP contribution is 2.25. The first-order chi connectivity index (χ1) is 5.69. The number of carbonyl (C=O) groups is 1. The fourth-order valence-corrected chi connectivity index (χ4v) is 2.42. The molecule has 3 heteroatoms. The van der Waals surface area contributed by atoms with Crippen LogP contribution in [0.1, 0.15) is 22.8 Å². The first kappa shape index (κ1) is 9.93. The van der Waals surface area contributed by atoms with Crippen molar-refractivity contribution >= 4 is 38.1 Å². The van der Waals surface area contributed by atoms with Gasteiger partial charge < -0.3 is 0 Å². The first-order valence-electron chi connectivity index (χ1n) is 3.62. The summed E-state index contributed by atoms with van der Waals surface area (Å²) in [5.41, 5.74) is 1.88. The van der Waals surface area contributed by atoms with E-state index in [1.54, 1.807) is 0 Å². The van der Waals surface area contributed by atoms with Crippen LogP contribution in [0.4, 0.5) is 0 Å². The van der Waals surface area contributed by atoms with Crippen molar-refractivity contribution in [1.29, 1.82) is 0 Å². The molecule has 1 aromatic rings. The van der Waals surface area contributed by atoms with Crippen molar-refractivity contribution in [3.05, 3.63) is 32.2 Å². The van der Waals surface area contributed by atoms with E-state index in [1.165, 1.54) is 5.56 Å². The second kappa shape index (κ2) is 4.19. The highest BCUT2D eigenvalue weighted by molar-refractivity contribution is 9.11. The van der Waals surface area contributed by atoms with Crippen LogP contribution < -0.4 is 0 Å². The van der Waals surface area contributed by atoms with Gasteiger partial charge in [0.05, 0.1) is 0 Å². The number of benzene rings is 1. The minimum Gasteiger partial charge on any atom is -0.298 e. The normalized spacial score (nSPS) is 9.92. The Balaban J connectivity index is 3.27. The molecule has 1 rings (SSSR count). The molecule has 0 saturated heterocycles. The van der Waals surface area contributed by atoms with Crippen molar-refractivity contribution in [2.24, 2.45) is 0 Å². The Kier molecular flexibility index (Phi) is 3.47. The quantitative estimate of drug-likeness (QED) is 0.761. The van der Waals surface area contributed by atoms with Crippen LogP contribution in [-0.2, 0) is 6.42 Å². The van der Waals surface area contributed by atoms with E-state index in [-0.39, 0.29) is 0 Å². The third kappa shape index (κ3) is 1.96. The molecule has 0 aliphatic heterocycles. The molecule has 0 heterocycles. The predicted molar refractivity (Wildman–Crippen MR) is 56.6 cm³/mol. The van der Waals surface area contributed by atoms with E-state index in [1.807, 2.05) is 12.1 Å². The van der Waals surface area contributed by atoms with Gasteiger partial charge in [-0.1, -0.05) is 38.8 Å². The summed E-state index contributed by atoms with van der Waals surface area (Å²) in [6.07, 6.45) is 1.81. The van der Waals surface area contributed by atoms with Crippen LogP contribution in [0.15, 0.2) is 21.1 Å². The third-order valence-electron chi connectivity index (χ3n) is 1.66. The van der Waals surface area contributed by atoms with Gasteiger partial charge in [-0.25, -0.2) is 0 Å². The van der Waals surface area contributed by atoms with Gasteiger partial charge in [0.2, 0.25) is 0 Å². The third-order valence-corrected chi connectivity index (χ3v) is 2.98. The summed E-state index contributed by atoms with van der Waals surface area (Å²) in [5, 5.41) is 0. The Morgan fingerprint density at radius 2 is 1.83 bits per heavy atom. The second-order valence-electron chi connectivity index (χ2n) is 2.44. The smallest absolute Gasteiger partial charge is 0.152 e. The summed E-state index contributed by atoms with van der Waals surface area (Å²) in [5.74, 6) is 0. The van der Waals surface area contributed by atoms with Crippen LogP contribution in [0.2, 0.25) is 0 Å². The highest BCUT2D eigenvalue weighted by atomic mass is 79.9. The highest BCUT2D eigenvalue weighted by Gasteiger charge is 2.04. The number of aryl methyl sites for hydroxylation is 1. The zero-order valence-corrected chi connectivity index (χ0v) is 9.78. The van der Waals surface area contributed by atoms with Gasteiger partial charge in [-0.15, -0.1) is 0 Å². The van der Waals surface area contributed by atoms with E-state index >= 15 is 0 Å². The number of halogens is 2. The number of carbonyl (C=O) groups excluding carboxylic acids is 1. The van der Waals surface area contributed by atoms with E-state index in [4.69, 9.17) is 0 Å². The molecule has 0 radical (unpaired) electrons. The van der Waals surface area contributed by atoms with Gasteiger partial charge in [0.25, 0.3) is 0 Å². The standard InChI is InChI=1S/C9H8Br2O/c1-2-6-3-8(10)7(5-12)9(11)4-6/h3-5H,2H2,1H3. The maximum atomic E-state index is 10.6. The predicted octanol–water partition coefficient (Wildman–Crippen LogP) is 3.59. The second-order valence-corrected chi connectivity index (χ2v) is 4.15. The molecule has 0 amide bonds. The number of aldehydes is 1. The van der Waals surface area contributed by atoms with Crippen molar-refractivity contribution in [2.75, 3.05) is 0 Å². The van der Waals surface area contributed by atoms with Crippen molar-refractivity contribution < 1.29 is 4.79 Å².